The molecule has 1 heterocycles. The summed E-state index contributed by atoms with van der Waals surface area (Å²) < 4.78 is 0. The van der Waals surface area contributed by atoms with E-state index in [1.54, 1.807) is 6.07 Å². The Morgan fingerprint density at radius 1 is 1.10 bits per heavy atom. The molecule has 0 aromatic heterocycles. The minimum atomic E-state index is -0.0904. The van der Waals surface area contributed by atoms with Gasteiger partial charge >= 0.3 is 0 Å². The molecule has 21 heavy (non-hydrogen) atoms. The normalized spacial score (nSPS) is 13.5. The zero-order valence-corrected chi connectivity index (χ0v) is 12.2. The molecule has 1 aliphatic heterocycles. The highest BCUT2D eigenvalue weighted by Gasteiger charge is 2.20. The molecule has 0 saturated carbocycles. The van der Waals surface area contributed by atoms with Crippen molar-refractivity contribution in [3.05, 3.63) is 69.8 Å². The van der Waals surface area contributed by atoms with Crippen LogP contribution in [-0.4, -0.2) is 18.2 Å². The molecule has 0 bridgehead atoms. The molecule has 3 rings (SSSR count). The van der Waals surface area contributed by atoms with Crippen LogP contribution in [0.1, 0.15) is 43.0 Å². The smallest absolute Gasteiger partial charge is 0.251 e. The van der Waals surface area contributed by atoms with Gasteiger partial charge in [0.25, 0.3) is 5.91 Å². The molecule has 2 aromatic carbocycles. The summed E-state index contributed by atoms with van der Waals surface area (Å²) >= 11 is 0. The molecule has 0 unspecified atom stereocenters. The van der Waals surface area contributed by atoms with E-state index in [1.165, 1.54) is 0 Å². The van der Waals surface area contributed by atoms with Crippen molar-refractivity contribution in [3.63, 3.8) is 0 Å². The maximum atomic E-state index is 12.7. The SMILES string of the molecule is Cc1cccc(C)c1C(=O)c1ccc2c(c1)C(=O)NCC2. The molecule has 1 amide bonds. The van der Waals surface area contributed by atoms with Crippen molar-refractivity contribution < 1.29 is 9.59 Å². The lowest BCUT2D eigenvalue weighted by atomic mass is 9.91. The summed E-state index contributed by atoms with van der Waals surface area (Å²) in [4.78, 5) is 24.7. The maximum Gasteiger partial charge on any atom is 0.251 e. The molecule has 106 valence electrons. The molecule has 0 spiro atoms. The van der Waals surface area contributed by atoms with Gasteiger partial charge in [0.15, 0.2) is 5.78 Å². The van der Waals surface area contributed by atoms with Gasteiger partial charge in [-0.3, -0.25) is 9.59 Å². The summed E-state index contributed by atoms with van der Waals surface area (Å²) in [5.74, 6) is -0.112. The summed E-state index contributed by atoms with van der Waals surface area (Å²) in [5, 5.41) is 2.82. The molecular weight excluding hydrogens is 262 g/mol. The second-order valence-corrected chi connectivity index (χ2v) is 5.47. The quantitative estimate of drug-likeness (QED) is 0.859. The molecule has 0 saturated heterocycles. The first-order chi connectivity index (χ1) is 10.1. The number of hydrogen-bond donors (Lipinski definition) is 1. The lowest BCUT2D eigenvalue weighted by molar-refractivity contribution is 0.0946. The topological polar surface area (TPSA) is 46.2 Å². The number of benzene rings is 2. The summed E-state index contributed by atoms with van der Waals surface area (Å²) in [6.45, 7) is 4.53. The molecule has 0 fully saturated rings. The van der Waals surface area contributed by atoms with Crippen LogP contribution in [0, 0.1) is 13.8 Å². The molecule has 1 N–H and O–H groups in total. The van der Waals surface area contributed by atoms with Crippen LogP contribution in [0.3, 0.4) is 0 Å². The fraction of sp³-hybridized carbons (Fsp3) is 0.222. The van der Waals surface area contributed by atoms with E-state index < -0.39 is 0 Å². The van der Waals surface area contributed by atoms with Crippen molar-refractivity contribution in [1.82, 2.24) is 5.32 Å². The highest BCUT2D eigenvalue weighted by molar-refractivity contribution is 6.12. The van der Waals surface area contributed by atoms with Gasteiger partial charge in [0.1, 0.15) is 0 Å². The third kappa shape index (κ3) is 2.35. The van der Waals surface area contributed by atoms with E-state index in [1.807, 2.05) is 44.2 Å². The van der Waals surface area contributed by atoms with Gasteiger partial charge in [-0.1, -0.05) is 30.3 Å². The van der Waals surface area contributed by atoms with Crippen LogP contribution in [0.2, 0.25) is 0 Å². The summed E-state index contributed by atoms with van der Waals surface area (Å²) in [7, 11) is 0. The zero-order chi connectivity index (χ0) is 15.0. The first-order valence-corrected chi connectivity index (χ1v) is 7.10. The number of nitrogens with one attached hydrogen (secondary N) is 1. The Bertz CT molecular complexity index is 727. The predicted octanol–water partition coefficient (Wildman–Crippen LogP) is 2.82. The zero-order valence-electron chi connectivity index (χ0n) is 12.2. The van der Waals surface area contributed by atoms with Crippen molar-refractivity contribution >= 4 is 11.7 Å². The Kier molecular flexibility index (Phi) is 3.34. The van der Waals surface area contributed by atoms with Gasteiger partial charge in [-0.2, -0.15) is 0 Å². The molecule has 3 heteroatoms. The van der Waals surface area contributed by atoms with Crippen molar-refractivity contribution in [2.45, 2.75) is 20.3 Å². The molecule has 0 atom stereocenters. The fourth-order valence-corrected chi connectivity index (χ4v) is 2.87. The first-order valence-electron chi connectivity index (χ1n) is 7.10. The van der Waals surface area contributed by atoms with Gasteiger partial charge < -0.3 is 5.32 Å². The van der Waals surface area contributed by atoms with Crippen LogP contribution in [-0.2, 0) is 6.42 Å². The number of aryl methyl sites for hydroxylation is 2. The highest BCUT2D eigenvalue weighted by Crippen LogP contribution is 2.21. The number of ketones is 1. The Balaban J connectivity index is 2.07. The van der Waals surface area contributed by atoms with E-state index in [0.717, 1.165) is 28.7 Å². The average Bonchev–Trinajstić information content (AvgIpc) is 2.47. The van der Waals surface area contributed by atoms with E-state index >= 15 is 0 Å². The standard InChI is InChI=1S/C18H17NO2/c1-11-4-3-5-12(2)16(11)17(20)14-7-6-13-8-9-19-18(21)15(13)10-14/h3-7,10H,8-9H2,1-2H3,(H,19,21). The van der Waals surface area contributed by atoms with Gasteiger partial charge in [0, 0.05) is 23.2 Å². The van der Waals surface area contributed by atoms with E-state index in [0.29, 0.717) is 17.7 Å². The van der Waals surface area contributed by atoms with Gasteiger partial charge in [0.2, 0.25) is 0 Å². The lowest BCUT2D eigenvalue weighted by Gasteiger charge is -2.17. The third-order valence-corrected chi connectivity index (χ3v) is 4.00. The first kappa shape index (κ1) is 13.6. The van der Waals surface area contributed by atoms with Gasteiger partial charge in [-0.25, -0.2) is 0 Å². The van der Waals surface area contributed by atoms with Gasteiger partial charge in [0.05, 0.1) is 0 Å². The van der Waals surface area contributed by atoms with Crippen molar-refractivity contribution in [3.8, 4) is 0 Å². The Morgan fingerprint density at radius 3 is 2.52 bits per heavy atom. The second-order valence-electron chi connectivity index (χ2n) is 5.47. The maximum absolute atomic E-state index is 12.7. The molecular formula is C18H17NO2. The Labute approximate surface area is 124 Å². The Hall–Kier alpha value is -2.42. The summed E-state index contributed by atoms with van der Waals surface area (Å²) in [6.07, 6.45) is 0.818. The minimum Gasteiger partial charge on any atom is -0.352 e. The fourth-order valence-electron chi connectivity index (χ4n) is 2.87. The van der Waals surface area contributed by atoms with Crippen LogP contribution < -0.4 is 5.32 Å². The number of carbonyl (C=O) groups is 2. The van der Waals surface area contributed by atoms with E-state index in [2.05, 4.69) is 5.32 Å². The average molecular weight is 279 g/mol. The van der Waals surface area contributed by atoms with Crippen molar-refractivity contribution in [2.75, 3.05) is 6.54 Å². The molecule has 0 radical (unpaired) electrons. The minimum absolute atomic E-state index is 0.0215. The van der Waals surface area contributed by atoms with Gasteiger partial charge in [-0.15, -0.1) is 0 Å². The van der Waals surface area contributed by atoms with E-state index in [9.17, 15) is 9.59 Å². The van der Waals surface area contributed by atoms with Crippen molar-refractivity contribution in [1.29, 1.82) is 0 Å². The molecule has 0 aliphatic carbocycles. The highest BCUT2D eigenvalue weighted by atomic mass is 16.1. The number of amides is 1. The van der Waals surface area contributed by atoms with E-state index in [-0.39, 0.29) is 11.7 Å². The number of hydrogen-bond acceptors (Lipinski definition) is 2. The van der Waals surface area contributed by atoms with Crippen LogP contribution >= 0.6 is 0 Å². The van der Waals surface area contributed by atoms with Crippen LogP contribution in [0.5, 0.6) is 0 Å². The monoisotopic (exact) mass is 279 g/mol. The summed E-state index contributed by atoms with van der Waals surface area (Å²) in [5.41, 5.74) is 4.86. The van der Waals surface area contributed by atoms with Crippen molar-refractivity contribution in [2.24, 2.45) is 0 Å². The third-order valence-electron chi connectivity index (χ3n) is 4.00. The number of carbonyl (C=O) groups excluding carboxylic acids is 2. The number of rotatable bonds is 2. The van der Waals surface area contributed by atoms with Crippen LogP contribution in [0.25, 0.3) is 0 Å². The Morgan fingerprint density at radius 2 is 1.81 bits per heavy atom. The summed E-state index contributed by atoms with van der Waals surface area (Å²) in [6, 6.07) is 11.3. The van der Waals surface area contributed by atoms with Crippen LogP contribution in [0.4, 0.5) is 0 Å². The largest absolute Gasteiger partial charge is 0.352 e. The second kappa shape index (κ2) is 5.17. The molecule has 3 nitrogen and oxygen atoms in total. The molecule has 1 aliphatic rings. The predicted molar refractivity (Wildman–Crippen MR) is 81.8 cm³/mol. The van der Waals surface area contributed by atoms with Gasteiger partial charge in [-0.05, 0) is 43.0 Å². The molecule has 2 aromatic rings. The van der Waals surface area contributed by atoms with E-state index in [4.69, 9.17) is 0 Å². The lowest BCUT2D eigenvalue weighted by Crippen LogP contribution is -2.32. The number of fused-ring (bicyclic) bond motifs is 1. The van der Waals surface area contributed by atoms with Crippen LogP contribution in [0.15, 0.2) is 36.4 Å².